The van der Waals surface area contributed by atoms with Gasteiger partial charge in [-0.15, -0.1) is 10.2 Å². The predicted molar refractivity (Wildman–Crippen MR) is 163 cm³/mol. The fraction of sp³-hybridized carbons (Fsp3) is 0.645. The van der Waals surface area contributed by atoms with E-state index < -0.39 is 17.8 Å². The Labute approximate surface area is 258 Å². The smallest absolute Gasteiger partial charge is 0.282 e. The summed E-state index contributed by atoms with van der Waals surface area (Å²) >= 11 is 0. The molecule has 1 aromatic heterocycles. The summed E-state index contributed by atoms with van der Waals surface area (Å²) < 4.78 is 20.4. The molecule has 13 heteroatoms. The summed E-state index contributed by atoms with van der Waals surface area (Å²) in [6.45, 7) is 13.1. The van der Waals surface area contributed by atoms with Crippen molar-refractivity contribution in [1.29, 1.82) is 0 Å². The van der Waals surface area contributed by atoms with Crippen molar-refractivity contribution in [3.05, 3.63) is 35.9 Å². The van der Waals surface area contributed by atoms with Crippen LogP contribution in [-0.2, 0) is 4.79 Å². The lowest BCUT2D eigenvalue weighted by Gasteiger charge is -2.54. The number of amides is 2. The molecule has 4 heterocycles. The van der Waals surface area contributed by atoms with Crippen LogP contribution >= 0.6 is 0 Å². The number of aliphatic hydroxyl groups excluding tert-OH is 1. The van der Waals surface area contributed by atoms with Crippen LogP contribution in [0, 0.1) is 17.2 Å². The Morgan fingerprint density at radius 1 is 1.16 bits per heavy atom. The summed E-state index contributed by atoms with van der Waals surface area (Å²) in [4.78, 5) is 37.4. The Bertz CT molecular complexity index is 1310. The first-order valence-corrected chi connectivity index (χ1v) is 15.7. The highest BCUT2D eigenvalue weighted by Crippen LogP contribution is 2.44. The van der Waals surface area contributed by atoms with Crippen LogP contribution in [0.2, 0.25) is 0 Å². The van der Waals surface area contributed by atoms with Crippen molar-refractivity contribution in [2.45, 2.75) is 58.6 Å². The van der Waals surface area contributed by atoms with E-state index in [9.17, 15) is 19.1 Å². The Balaban J connectivity index is 1.15. The minimum Gasteiger partial charge on any atom is -0.434 e. The third-order valence-corrected chi connectivity index (χ3v) is 9.43. The number of hydrogen-bond donors (Lipinski definition) is 2. The highest BCUT2D eigenvalue weighted by molar-refractivity contribution is 5.97. The number of aromatic nitrogens is 3. The van der Waals surface area contributed by atoms with E-state index in [4.69, 9.17) is 10.5 Å². The van der Waals surface area contributed by atoms with Gasteiger partial charge >= 0.3 is 0 Å². The zero-order valence-electron chi connectivity index (χ0n) is 26.0. The van der Waals surface area contributed by atoms with Crippen LogP contribution in [0.5, 0.6) is 11.6 Å². The number of aliphatic hydroxyl groups is 1. The lowest BCUT2D eigenvalue weighted by molar-refractivity contribution is -0.127. The lowest BCUT2D eigenvalue weighted by atomic mass is 9.72. The summed E-state index contributed by atoms with van der Waals surface area (Å²) in [5.41, 5.74) is 5.55. The molecule has 1 atom stereocenters. The second-order valence-corrected chi connectivity index (χ2v) is 12.8. The number of anilines is 1. The monoisotopic (exact) mass is 612 g/mol. The molecule has 1 aromatic carbocycles. The zero-order chi connectivity index (χ0) is 31.4. The average Bonchev–Trinajstić information content (AvgIpc) is 2.99. The number of primary amides is 1. The van der Waals surface area contributed by atoms with Gasteiger partial charge in [-0.2, -0.15) is 0 Å². The molecule has 1 spiro atoms. The van der Waals surface area contributed by atoms with Gasteiger partial charge in [0.25, 0.3) is 11.8 Å². The Kier molecular flexibility index (Phi) is 9.96. The third-order valence-electron chi connectivity index (χ3n) is 9.43. The molecular weight excluding hydrogens is 567 g/mol. The van der Waals surface area contributed by atoms with E-state index >= 15 is 0 Å². The Morgan fingerprint density at radius 3 is 2.50 bits per heavy atom. The molecule has 2 aromatic rings. The molecule has 0 radical (unpaired) electrons. The number of β-amino-alcohol motifs (C(OH)–C–C–N with tert-alkyl or cyclic N) is 1. The van der Waals surface area contributed by atoms with Gasteiger partial charge in [-0.25, -0.2) is 9.37 Å². The van der Waals surface area contributed by atoms with Crippen LogP contribution in [0.25, 0.3) is 0 Å². The van der Waals surface area contributed by atoms with Gasteiger partial charge in [-0.05, 0) is 96.8 Å². The quantitative estimate of drug-likeness (QED) is 0.388. The number of halogens is 1. The third kappa shape index (κ3) is 7.27. The number of carbonyl (C=O) groups excluding carboxylic acids is 2. The maximum absolute atomic E-state index is 14.2. The molecule has 240 valence electrons. The maximum atomic E-state index is 14.2. The molecule has 3 saturated heterocycles. The van der Waals surface area contributed by atoms with E-state index in [1.807, 2.05) is 20.8 Å². The molecule has 3 aliphatic heterocycles. The molecule has 3 aliphatic rings. The largest absolute Gasteiger partial charge is 0.434 e. The first-order valence-electron chi connectivity index (χ1n) is 15.7. The van der Waals surface area contributed by atoms with Gasteiger partial charge < -0.3 is 35.2 Å². The number of nitrogens with zero attached hydrogens (tertiary/aromatic N) is 7. The standard InChI is InChI=1S/C31H45FN8O4/c1-4-40(21(2)3)30(43)24-15-23(32)5-6-26(24)44-29-28(34-20-35-36-29)39-18-31(19-39)9-13-38(14-10-31)16-22-7-11-37(12-8-22)17-25(41)27(33)42/h5-6,15,20-22,25,41H,4,7-14,16-19H2,1-3H3,(H2,33,42). The topological polar surface area (TPSA) is 141 Å². The number of carbonyl (C=O) groups is 2. The molecule has 1 unspecified atom stereocenters. The van der Waals surface area contributed by atoms with Gasteiger partial charge in [0.15, 0.2) is 5.82 Å². The number of nitrogens with two attached hydrogens (primary N) is 1. The fourth-order valence-electron chi connectivity index (χ4n) is 6.79. The molecule has 5 rings (SSSR count). The highest BCUT2D eigenvalue weighted by Gasteiger charge is 2.46. The number of piperidine rings is 2. The first kappa shape index (κ1) is 32.0. The van der Waals surface area contributed by atoms with Crippen LogP contribution in [0.15, 0.2) is 24.5 Å². The van der Waals surface area contributed by atoms with E-state index in [0.29, 0.717) is 24.8 Å². The first-order chi connectivity index (χ1) is 21.1. The molecule has 3 fully saturated rings. The summed E-state index contributed by atoms with van der Waals surface area (Å²) in [5.74, 6) is 0.115. The number of ether oxygens (including phenoxy) is 1. The molecule has 3 N–H and O–H groups in total. The van der Waals surface area contributed by atoms with Crippen molar-refractivity contribution in [3.8, 4) is 11.6 Å². The zero-order valence-corrected chi connectivity index (χ0v) is 26.0. The van der Waals surface area contributed by atoms with Crippen molar-refractivity contribution in [2.75, 3.05) is 63.8 Å². The average molecular weight is 613 g/mol. The summed E-state index contributed by atoms with van der Waals surface area (Å²) in [6, 6.07) is 3.88. The minimum atomic E-state index is -1.10. The second kappa shape index (κ2) is 13.7. The number of benzene rings is 1. The van der Waals surface area contributed by atoms with E-state index in [2.05, 4.69) is 29.9 Å². The summed E-state index contributed by atoms with van der Waals surface area (Å²) in [5, 5.41) is 17.9. The normalized spacial score (nSPS) is 20.0. The Morgan fingerprint density at radius 2 is 1.86 bits per heavy atom. The molecule has 0 saturated carbocycles. The minimum absolute atomic E-state index is 0.0522. The van der Waals surface area contributed by atoms with Crippen molar-refractivity contribution < 1.29 is 23.8 Å². The Hall–Kier alpha value is -3.42. The van der Waals surface area contributed by atoms with Gasteiger partial charge in [-0.3, -0.25) is 9.59 Å². The predicted octanol–water partition coefficient (Wildman–Crippen LogP) is 2.13. The second-order valence-electron chi connectivity index (χ2n) is 12.8. The molecule has 2 amide bonds. The molecule has 0 aliphatic carbocycles. The van der Waals surface area contributed by atoms with Crippen LogP contribution < -0.4 is 15.4 Å². The molecule has 12 nitrogen and oxygen atoms in total. The van der Waals surface area contributed by atoms with E-state index in [1.54, 1.807) is 4.90 Å². The van der Waals surface area contributed by atoms with Crippen LogP contribution in [0.1, 0.15) is 56.8 Å². The van der Waals surface area contributed by atoms with E-state index in [-0.39, 0.29) is 34.6 Å². The van der Waals surface area contributed by atoms with E-state index in [0.717, 1.165) is 71.5 Å². The van der Waals surface area contributed by atoms with Gasteiger partial charge in [-0.1, -0.05) is 0 Å². The van der Waals surface area contributed by atoms with E-state index in [1.165, 1.54) is 24.5 Å². The van der Waals surface area contributed by atoms with Crippen LogP contribution in [0.4, 0.5) is 10.2 Å². The van der Waals surface area contributed by atoms with Gasteiger partial charge in [0.05, 0.1) is 5.56 Å². The van der Waals surface area contributed by atoms with Gasteiger partial charge in [0.2, 0.25) is 5.91 Å². The SMILES string of the molecule is CCN(C(=O)c1cc(F)ccc1Oc1nncnc1N1CC2(CCN(CC3CCN(CC(O)C(N)=O)CC3)CC2)C1)C(C)C. The number of hydrogen-bond acceptors (Lipinski definition) is 10. The van der Waals surface area contributed by atoms with Crippen molar-refractivity contribution >= 4 is 17.6 Å². The fourth-order valence-corrected chi connectivity index (χ4v) is 6.79. The summed E-state index contributed by atoms with van der Waals surface area (Å²) in [7, 11) is 0. The van der Waals surface area contributed by atoms with Gasteiger partial charge in [0, 0.05) is 44.2 Å². The molecule has 0 bridgehead atoms. The van der Waals surface area contributed by atoms with Crippen molar-refractivity contribution in [1.82, 2.24) is 29.9 Å². The van der Waals surface area contributed by atoms with Gasteiger partial charge in [0.1, 0.15) is 24.0 Å². The van der Waals surface area contributed by atoms with Crippen molar-refractivity contribution in [3.63, 3.8) is 0 Å². The van der Waals surface area contributed by atoms with Crippen LogP contribution in [-0.4, -0.2) is 118 Å². The highest BCUT2D eigenvalue weighted by atomic mass is 19.1. The van der Waals surface area contributed by atoms with Crippen LogP contribution in [0.3, 0.4) is 0 Å². The number of rotatable bonds is 11. The summed E-state index contributed by atoms with van der Waals surface area (Å²) in [6.07, 6.45) is 4.60. The lowest BCUT2D eigenvalue weighted by Crippen LogP contribution is -2.61. The van der Waals surface area contributed by atoms with Crippen molar-refractivity contribution in [2.24, 2.45) is 17.1 Å². The molecule has 44 heavy (non-hydrogen) atoms. The molecular formula is C31H45FN8O4. The number of likely N-dealkylation sites (tertiary alicyclic amines) is 2. The maximum Gasteiger partial charge on any atom is 0.282 e.